The van der Waals surface area contributed by atoms with E-state index in [2.05, 4.69) is 5.32 Å². The number of methoxy groups -OCH3 is 1. The summed E-state index contributed by atoms with van der Waals surface area (Å²) in [6.45, 7) is 2.14. The van der Waals surface area contributed by atoms with Crippen LogP contribution in [0.15, 0.2) is 48.5 Å². The molecule has 7 nitrogen and oxygen atoms in total. The highest BCUT2D eigenvalue weighted by Gasteiger charge is 2.37. The molecule has 3 rings (SSSR count). The number of nitrogens with zero attached hydrogens (tertiary/aromatic N) is 1. The van der Waals surface area contributed by atoms with Crippen molar-refractivity contribution in [3.05, 3.63) is 59.7 Å². The minimum atomic E-state index is -1.01. The number of benzene rings is 2. The standard InChI is InChI=1S/C22H24N2O5/c1-14-8-9-19(29-2)18(10-14)24-13-16(11-20(24)25)22(28)23-17(12-21(26)27)15-6-4-3-5-7-15/h3-10,16-17H,11-13H2,1-2H3,(H,23,28)(H,26,27). The van der Waals surface area contributed by atoms with E-state index in [9.17, 15) is 19.5 Å². The van der Waals surface area contributed by atoms with Crippen molar-refractivity contribution in [2.24, 2.45) is 5.92 Å². The quantitative estimate of drug-likeness (QED) is 0.750. The number of hydrogen-bond donors (Lipinski definition) is 2. The molecule has 0 bridgehead atoms. The van der Waals surface area contributed by atoms with Crippen molar-refractivity contribution in [2.45, 2.75) is 25.8 Å². The maximum Gasteiger partial charge on any atom is 0.305 e. The predicted molar refractivity (Wildman–Crippen MR) is 108 cm³/mol. The summed E-state index contributed by atoms with van der Waals surface area (Å²) in [5.74, 6) is -1.50. The third-order valence-electron chi connectivity index (χ3n) is 5.02. The van der Waals surface area contributed by atoms with Crippen LogP contribution < -0.4 is 15.0 Å². The van der Waals surface area contributed by atoms with Crippen molar-refractivity contribution in [2.75, 3.05) is 18.6 Å². The van der Waals surface area contributed by atoms with Gasteiger partial charge in [0.1, 0.15) is 5.75 Å². The molecule has 1 aliphatic rings. The topological polar surface area (TPSA) is 95.9 Å². The van der Waals surface area contributed by atoms with E-state index in [4.69, 9.17) is 4.74 Å². The number of carboxylic acids is 1. The Morgan fingerprint density at radius 2 is 1.97 bits per heavy atom. The average Bonchev–Trinajstić information content (AvgIpc) is 3.09. The van der Waals surface area contributed by atoms with Crippen LogP contribution in [-0.4, -0.2) is 36.5 Å². The maximum atomic E-state index is 12.8. The van der Waals surface area contributed by atoms with Gasteiger partial charge in [-0.05, 0) is 30.2 Å². The zero-order chi connectivity index (χ0) is 21.0. The summed E-state index contributed by atoms with van der Waals surface area (Å²) in [4.78, 5) is 38.2. The van der Waals surface area contributed by atoms with E-state index in [0.717, 1.165) is 5.56 Å². The van der Waals surface area contributed by atoms with E-state index in [1.165, 1.54) is 7.11 Å². The molecule has 2 N–H and O–H groups in total. The fraction of sp³-hybridized carbons (Fsp3) is 0.318. The smallest absolute Gasteiger partial charge is 0.305 e. The maximum absolute atomic E-state index is 12.8. The number of aryl methyl sites for hydroxylation is 1. The first-order valence-electron chi connectivity index (χ1n) is 9.41. The summed E-state index contributed by atoms with van der Waals surface area (Å²) in [5, 5.41) is 12.0. The van der Waals surface area contributed by atoms with Crippen LogP contribution in [0.4, 0.5) is 5.69 Å². The van der Waals surface area contributed by atoms with Gasteiger partial charge < -0.3 is 20.1 Å². The Balaban J connectivity index is 1.76. The first-order chi connectivity index (χ1) is 13.9. The molecule has 1 aliphatic heterocycles. The van der Waals surface area contributed by atoms with Gasteiger partial charge in [0, 0.05) is 13.0 Å². The Morgan fingerprint density at radius 3 is 2.62 bits per heavy atom. The zero-order valence-corrected chi connectivity index (χ0v) is 16.4. The molecule has 1 fully saturated rings. The van der Waals surface area contributed by atoms with E-state index >= 15 is 0 Å². The van der Waals surface area contributed by atoms with Crippen molar-refractivity contribution < 1.29 is 24.2 Å². The number of amides is 2. The van der Waals surface area contributed by atoms with Crippen LogP contribution in [-0.2, 0) is 14.4 Å². The Kier molecular flexibility index (Phi) is 6.16. The molecule has 2 amide bonds. The van der Waals surface area contributed by atoms with Gasteiger partial charge in [0.25, 0.3) is 0 Å². The highest BCUT2D eigenvalue weighted by Crippen LogP contribution is 2.34. The highest BCUT2D eigenvalue weighted by atomic mass is 16.5. The van der Waals surface area contributed by atoms with Crippen molar-refractivity contribution in [3.8, 4) is 5.75 Å². The van der Waals surface area contributed by atoms with Gasteiger partial charge in [0.05, 0.1) is 31.2 Å². The molecule has 2 unspecified atom stereocenters. The van der Waals surface area contributed by atoms with Gasteiger partial charge in [-0.2, -0.15) is 0 Å². The molecule has 152 valence electrons. The summed E-state index contributed by atoms with van der Waals surface area (Å²) < 4.78 is 5.36. The molecule has 2 aromatic rings. The first-order valence-corrected chi connectivity index (χ1v) is 9.41. The largest absolute Gasteiger partial charge is 0.495 e. The molecular formula is C22H24N2O5. The fourth-order valence-corrected chi connectivity index (χ4v) is 3.53. The van der Waals surface area contributed by atoms with Crippen molar-refractivity contribution in [3.63, 3.8) is 0 Å². The fourth-order valence-electron chi connectivity index (χ4n) is 3.53. The number of rotatable bonds is 7. The van der Waals surface area contributed by atoms with Crippen molar-refractivity contribution in [1.29, 1.82) is 0 Å². The third kappa shape index (κ3) is 4.74. The molecule has 0 spiro atoms. The van der Waals surface area contributed by atoms with Gasteiger partial charge >= 0.3 is 5.97 Å². The van der Waals surface area contributed by atoms with E-state index in [0.29, 0.717) is 17.0 Å². The zero-order valence-electron chi connectivity index (χ0n) is 16.4. The second kappa shape index (κ2) is 8.77. The molecule has 0 radical (unpaired) electrons. The lowest BCUT2D eigenvalue weighted by Crippen LogP contribution is -2.36. The Bertz CT molecular complexity index is 913. The van der Waals surface area contributed by atoms with Gasteiger partial charge in [-0.15, -0.1) is 0 Å². The summed E-state index contributed by atoms with van der Waals surface area (Å²) in [5.41, 5.74) is 2.33. The summed E-state index contributed by atoms with van der Waals surface area (Å²) in [6, 6.07) is 13.9. The number of aliphatic carboxylic acids is 1. The molecule has 7 heteroatoms. The lowest BCUT2D eigenvalue weighted by atomic mass is 10.0. The third-order valence-corrected chi connectivity index (χ3v) is 5.02. The van der Waals surface area contributed by atoms with E-state index < -0.39 is 17.9 Å². The van der Waals surface area contributed by atoms with Crippen LogP contribution in [0.25, 0.3) is 0 Å². The first kappa shape index (κ1) is 20.4. The molecule has 1 saturated heterocycles. The minimum Gasteiger partial charge on any atom is -0.495 e. The second-order valence-electron chi connectivity index (χ2n) is 7.15. The van der Waals surface area contributed by atoms with E-state index in [1.54, 1.807) is 35.2 Å². The summed E-state index contributed by atoms with van der Waals surface area (Å²) in [7, 11) is 1.54. The predicted octanol–water partition coefficient (Wildman–Crippen LogP) is 2.69. The number of carbonyl (C=O) groups excluding carboxylic acids is 2. The Hall–Kier alpha value is -3.35. The molecule has 2 atom stereocenters. The lowest BCUT2D eigenvalue weighted by Gasteiger charge is -2.21. The van der Waals surface area contributed by atoms with E-state index in [1.807, 2.05) is 25.1 Å². The normalized spacial score (nSPS) is 17.1. The van der Waals surface area contributed by atoms with Crippen LogP contribution in [0.1, 0.15) is 30.0 Å². The molecule has 0 aliphatic carbocycles. The van der Waals surface area contributed by atoms with Gasteiger partial charge in [0.2, 0.25) is 11.8 Å². The Morgan fingerprint density at radius 1 is 1.24 bits per heavy atom. The Labute approximate surface area is 169 Å². The highest BCUT2D eigenvalue weighted by molar-refractivity contribution is 6.01. The monoisotopic (exact) mass is 396 g/mol. The van der Waals surface area contributed by atoms with Crippen LogP contribution in [0, 0.1) is 12.8 Å². The van der Waals surface area contributed by atoms with Crippen molar-refractivity contribution >= 4 is 23.5 Å². The van der Waals surface area contributed by atoms with Crippen LogP contribution in [0.5, 0.6) is 5.75 Å². The van der Waals surface area contributed by atoms with Crippen LogP contribution in [0.2, 0.25) is 0 Å². The number of anilines is 1. The molecule has 1 heterocycles. The minimum absolute atomic E-state index is 0.0670. The van der Waals surface area contributed by atoms with Gasteiger partial charge in [0.15, 0.2) is 0 Å². The molecular weight excluding hydrogens is 372 g/mol. The SMILES string of the molecule is COc1ccc(C)cc1N1CC(C(=O)NC(CC(=O)O)c2ccccc2)CC1=O. The summed E-state index contributed by atoms with van der Waals surface area (Å²) in [6.07, 6.45) is -0.163. The van der Waals surface area contributed by atoms with Crippen molar-refractivity contribution in [1.82, 2.24) is 5.32 Å². The molecule has 0 saturated carbocycles. The number of nitrogens with one attached hydrogen (secondary N) is 1. The van der Waals surface area contributed by atoms with Crippen LogP contribution >= 0.6 is 0 Å². The molecule has 2 aromatic carbocycles. The van der Waals surface area contributed by atoms with E-state index in [-0.39, 0.29) is 31.2 Å². The van der Waals surface area contributed by atoms with Crippen LogP contribution in [0.3, 0.4) is 0 Å². The number of carbonyl (C=O) groups is 3. The lowest BCUT2D eigenvalue weighted by molar-refractivity contribution is -0.138. The van der Waals surface area contributed by atoms with Gasteiger partial charge in [-0.1, -0.05) is 36.4 Å². The number of ether oxygens (including phenoxy) is 1. The summed E-state index contributed by atoms with van der Waals surface area (Å²) >= 11 is 0. The van der Waals surface area contributed by atoms with Gasteiger partial charge in [-0.25, -0.2) is 0 Å². The second-order valence-corrected chi connectivity index (χ2v) is 7.15. The molecule has 0 aromatic heterocycles. The van der Waals surface area contributed by atoms with Gasteiger partial charge in [-0.3, -0.25) is 14.4 Å². The number of carboxylic acid groups (broad SMARTS) is 1. The molecule has 29 heavy (non-hydrogen) atoms. The average molecular weight is 396 g/mol. The number of hydrogen-bond acceptors (Lipinski definition) is 4.